The van der Waals surface area contributed by atoms with Gasteiger partial charge in [-0.25, -0.2) is 0 Å². The minimum Gasteiger partial charge on any atom is -0.481 e. The fraction of sp³-hybridized carbons (Fsp3) is 0.533. The zero-order chi connectivity index (χ0) is 12.0. The molecule has 1 spiro atoms. The molecule has 1 unspecified atom stereocenters. The van der Waals surface area contributed by atoms with E-state index >= 15 is 0 Å². The second kappa shape index (κ2) is 3.59. The van der Waals surface area contributed by atoms with Crippen LogP contribution in [-0.2, 0) is 16.6 Å². The molecular formula is C15H18O2. The second-order valence-electron chi connectivity index (χ2n) is 5.60. The quantitative estimate of drug-likeness (QED) is 0.805. The largest absolute Gasteiger partial charge is 0.481 e. The number of carboxylic acid groups (broad SMARTS) is 1. The lowest BCUT2D eigenvalue weighted by molar-refractivity contribution is -0.147. The molecule has 1 aromatic rings. The Labute approximate surface area is 102 Å². The lowest BCUT2D eigenvalue weighted by Crippen LogP contribution is -2.48. The van der Waals surface area contributed by atoms with Gasteiger partial charge in [0.2, 0.25) is 0 Å². The number of aliphatic carboxylic acids is 1. The number of hydrogen-bond acceptors (Lipinski definition) is 1. The van der Waals surface area contributed by atoms with Gasteiger partial charge in [-0.1, -0.05) is 30.2 Å². The summed E-state index contributed by atoms with van der Waals surface area (Å²) < 4.78 is 0. The molecule has 1 saturated carbocycles. The standard InChI is InChI=1S/C15H18O2/c1-10-3-4-11-5-6-12(14(16)17)15(7-2-8-15)13(11)9-10/h3-4,9,12H,2,5-8H2,1H3,(H,16,17). The number of benzene rings is 1. The molecule has 2 aliphatic rings. The van der Waals surface area contributed by atoms with Gasteiger partial charge in [0.25, 0.3) is 0 Å². The van der Waals surface area contributed by atoms with Crippen molar-refractivity contribution in [1.82, 2.24) is 0 Å². The molecule has 0 bridgehead atoms. The van der Waals surface area contributed by atoms with Crippen LogP contribution in [0.15, 0.2) is 18.2 Å². The highest BCUT2D eigenvalue weighted by Crippen LogP contribution is 2.54. The van der Waals surface area contributed by atoms with Crippen LogP contribution >= 0.6 is 0 Å². The average molecular weight is 230 g/mol. The van der Waals surface area contributed by atoms with Crippen molar-refractivity contribution in [3.05, 3.63) is 34.9 Å². The van der Waals surface area contributed by atoms with Gasteiger partial charge in [-0.05, 0) is 43.7 Å². The van der Waals surface area contributed by atoms with E-state index in [0.29, 0.717) is 0 Å². The molecule has 2 heteroatoms. The molecular weight excluding hydrogens is 212 g/mol. The third kappa shape index (κ3) is 1.43. The Kier molecular flexibility index (Phi) is 2.29. The molecule has 0 aromatic heterocycles. The molecule has 1 N–H and O–H groups in total. The second-order valence-corrected chi connectivity index (χ2v) is 5.60. The summed E-state index contributed by atoms with van der Waals surface area (Å²) in [6, 6.07) is 6.57. The fourth-order valence-electron chi connectivity index (χ4n) is 3.67. The van der Waals surface area contributed by atoms with E-state index < -0.39 is 5.97 Å². The van der Waals surface area contributed by atoms with Crippen molar-refractivity contribution in [3.8, 4) is 0 Å². The summed E-state index contributed by atoms with van der Waals surface area (Å²) in [5.74, 6) is -0.762. The van der Waals surface area contributed by atoms with Gasteiger partial charge in [0.05, 0.1) is 5.92 Å². The predicted molar refractivity (Wildman–Crippen MR) is 66.2 cm³/mol. The van der Waals surface area contributed by atoms with E-state index in [1.807, 2.05) is 0 Å². The Hall–Kier alpha value is -1.31. The molecule has 17 heavy (non-hydrogen) atoms. The highest BCUT2D eigenvalue weighted by atomic mass is 16.4. The van der Waals surface area contributed by atoms with Crippen LogP contribution in [0, 0.1) is 12.8 Å². The number of carboxylic acids is 1. The maximum atomic E-state index is 11.5. The van der Waals surface area contributed by atoms with Gasteiger partial charge in [0.1, 0.15) is 0 Å². The van der Waals surface area contributed by atoms with Crippen LogP contribution in [0.5, 0.6) is 0 Å². The molecule has 2 aliphatic carbocycles. The smallest absolute Gasteiger partial charge is 0.307 e. The van der Waals surface area contributed by atoms with Crippen LogP contribution in [-0.4, -0.2) is 11.1 Å². The van der Waals surface area contributed by atoms with Crippen molar-refractivity contribution >= 4 is 5.97 Å². The van der Waals surface area contributed by atoms with E-state index in [1.165, 1.54) is 23.1 Å². The number of carbonyl (C=O) groups is 1. The maximum Gasteiger partial charge on any atom is 0.307 e. The van der Waals surface area contributed by atoms with Gasteiger partial charge < -0.3 is 5.11 Å². The summed E-state index contributed by atoms with van der Waals surface area (Å²) in [5.41, 5.74) is 3.93. The fourth-order valence-corrected chi connectivity index (χ4v) is 3.67. The average Bonchev–Trinajstić information content (AvgIpc) is 2.24. The Balaban J connectivity index is 2.12. The van der Waals surface area contributed by atoms with Crippen LogP contribution in [0.1, 0.15) is 42.4 Å². The SMILES string of the molecule is Cc1ccc2c(c1)C1(CCC1)C(C(=O)O)CC2. The number of aryl methyl sites for hydroxylation is 2. The lowest BCUT2D eigenvalue weighted by Gasteiger charge is -2.50. The summed E-state index contributed by atoms with van der Waals surface area (Å²) in [4.78, 5) is 11.5. The first-order valence-electron chi connectivity index (χ1n) is 6.46. The highest BCUT2D eigenvalue weighted by Gasteiger charge is 2.51. The minimum atomic E-state index is -0.600. The van der Waals surface area contributed by atoms with Crippen molar-refractivity contribution in [2.75, 3.05) is 0 Å². The van der Waals surface area contributed by atoms with Gasteiger partial charge in [-0.2, -0.15) is 0 Å². The molecule has 0 radical (unpaired) electrons. The number of hydrogen-bond donors (Lipinski definition) is 1. The summed E-state index contributed by atoms with van der Waals surface area (Å²) >= 11 is 0. The van der Waals surface area contributed by atoms with Crippen LogP contribution in [0.25, 0.3) is 0 Å². The van der Waals surface area contributed by atoms with Crippen molar-refractivity contribution in [1.29, 1.82) is 0 Å². The molecule has 0 heterocycles. The first kappa shape index (κ1) is 10.8. The van der Waals surface area contributed by atoms with Crippen molar-refractivity contribution < 1.29 is 9.90 Å². The van der Waals surface area contributed by atoms with Gasteiger partial charge in [0, 0.05) is 5.41 Å². The molecule has 1 aromatic carbocycles. The molecule has 3 rings (SSSR count). The molecule has 0 amide bonds. The highest BCUT2D eigenvalue weighted by molar-refractivity contribution is 5.74. The number of rotatable bonds is 1. The summed E-state index contributed by atoms with van der Waals surface area (Å²) in [5, 5.41) is 9.43. The third-order valence-corrected chi connectivity index (χ3v) is 4.72. The number of fused-ring (bicyclic) bond motifs is 2. The van der Waals surface area contributed by atoms with Gasteiger partial charge in [-0.3, -0.25) is 4.79 Å². The van der Waals surface area contributed by atoms with E-state index in [9.17, 15) is 9.90 Å². The first-order chi connectivity index (χ1) is 8.13. The molecule has 0 saturated heterocycles. The first-order valence-corrected chi connectivity index (χ1v) is 6.46. The summed E-state index contributed by atoms with van der Waals surface area (Å²) in [6.07, 6.45) is 5.03. The predicted octanol–water partition coefficient (Wildman–Crippen LogP) is 3.06. The van der Waals surface area contributed by atoms with E-state index in [0.717, 1.165) is 25.7 Å². The zero-order valence-corrected chi connectivity index (χ0v) is 10.2. The summed E-state index contributed by atoms with van der Waals surface area (Å²) in [7, 11) is 0. The van der Waals surface area contributed by atoms with Crippen LogP contribution in [0.3, 0.4) is 0 Å². The van der Waals surface area contributed by atoms with Crippen LogP contribution in [0.4, 0.5) is 0 Å². The van der Waals surface area contributed by atoms with E-state index in [4.69, 9.17) is 0 Å². The van der Waals surface area contributed by atoms with E-state index in [1.54, 1.807) is 0 Å². The lowest BCUT2D eigenvalue weighted by atomic mass is 9.53. The van der Waals surface area contributed by atoms with Gasteiger partial charge in [-0.15, -0.1) is 0 Å². The molecule has 90 valence electrons. The topological polar surface area (TPSA) is 37.3 Å². The summed E-state index contributed by atoms with van der Waals surface area (Å²) in [6.45, 7) is 2.09. The van der Waals surface area contributed by atoms with Gasteiger partial charge >= 0.3 is 5.97 Å². The Morgan fingerprint density at radius 2 is 2.18 bits per heavy atom. The maximum absolute atomic E-state index is 11.5. The zero-order valence-electron chi connectivity index (χ0n) is 10.2. The Morgan fingerprint density at radius 3 is 2.76 bits per heavy atom. The van der Waals surface area contributed by atoms with Crippen molar-refractivity contribution in [2.45, 2.75) is 44.4 Å². The molecule has 1 atom stereocenters. The molecule has 0 aliphatic heterocycles. The molecule has 2 nitrogen and oxygen atoms in total. The molecule has 1 fully saturated rings. The van der Waals surface area contributed by atoms with E-state index in [-0.39, 0.29) is 11.3 Å². The van der Waals surface area contributed by atoms with Crippen molar-refractivity contribution in [2.24, 2.45) is 5.92 Å². The normalized spacial score (nSPS) is 25.1. The minimum absolute atomic E-state index is 0.0363. The van der Waals surface area contributed by atoms with Crippen LogP contribution < -0.4 is 0 Å². The third-order valence-electron chi connectivity index (χ3n) is 4.72. The van der Waals surface area contributed by atoms with Crippen LogP contribution in [0.2, 0.25) is 0 Å². The Bertz CT molecular complexity index is 472. The monoisotopic (exact) mass is 230 g/mol. The Morgan fingerprint density at radius 1 is 1.41 bits per heavy atom. The van der Waals surface area contributed by atoms with Gasteiger partial charge in [0.15, 0.2) is 0 Å². The van der Waals surface area contributed by atoms with Crippen molar-refractivity contribution in [3.63, 3.8) is 0 Å². The van der Waals surface area contributed by atoms with E-state index in [2.05, 4.69) is 25.1 Å².